The Morgan fingerprint density at radius 2 is 1.77 bits per heavy atom. The van der Waals surface area contributed by atoms with Gasteiger partial charge >= 0.3 is 0 Å². The predicted octanol–water partition coefficient (Wildman–Crippen LogP) is 4.64. The molecule has 2 nitrogen and oxygen atoms in total. The predicted molar refractivity (Wildman–Crippen MR) is 95.5 cm³/mol. The van der Waals surface area contributed by atoms with E-state index in [4.69, 9.17) is 10.7 Å². The Morgan fingerprint density at radius 1 is 1.05 bits per heavy atom. The number of nitrogens with two attached hydrogens (primary N) is 1. The van der Waals surface area contributed by atoms with Gasteiger partial charge < -0.3 is 5.73 Å². The third kappa shape index (κ3) is 2.92. The highest BCUT2D eigenvalue weighted by Crippen LogP contribution is 2.31. The zero-order valence-corrected chi connectivity index (χ0v) is 14.2. The Balaban J connectivity index is 2.01. The molecule has 0 saturated heterocycles. The van der Waals surface area contributed by atoms with E-state index in [0.717, 1.165) is 17.1 Å². The second kappa shape index (κ2) is 5.82. The van der Waals surface area contributed by atoms with Crippen LogP contribution in [0.15, 0.2) is 42.5 Å². The van der Waals surface area contributed by atoms with E-state index in [1.807, 2.05) is 0 Å². The van der Waals surface area contributed by atoms with Crippen molar-refractivity contribution in [3.63, 3.8) is 0 Å². The summed E-state index contributed by atoms with van der Waals surface area (Å²) in [6.45, 7) is 7.16. The first kappa shape index (κ1) is 15.2. The van der Waals surface area contributed by atoms with Crippen LogP contribution < -0.4 is 5.73 Å². The van der Waals surface area contributed by atoms with Gasteiger partial charge in [0.05, 0.1) is 10.7 Å². The van der Waals surface area contributed by atoms with Gasteiger partial charge in [0.25, 0.3) is 0 Å². The fourth-order valence-corrected chi connectivity index (χ4v) is 3.99. The summed E-state index contributed by atoms with van der Waals surface area (Å²) in [5.74, 6) is 0. The van der Waals surface area contributed by atoms with Crippen molar-refractivity contribution in [1.29, 1.82) is 0 Å². The van der Waals surface area contributed by atoms with Crippen LogP contribution in [0.2, 0.25) is 0 Å². The zero-order chi connectivity index (χ0) is 15.7. The van der Waals surface area contributed by atoms with Gasteiger partial charge in [-0.3, -0.25) is 0 Å². The molecule has 0 aliphatic carbocycles. The Morgan fingerprint density at radius 3 is 2.45 bits per heavy atom. The van der Waals surface area contributed by atoms with Gasteiger partial charge in [-0.2, -0.15) is 0 Å². The Kier molecular flexibility index (Phi) is 4.02. The molecule has 0 saturated carbocycles. The van der Waals surface area contributed by atoms with Crippen LogP contribution in [0, 0.1) is 0 Å². The van der Waals surface area contributed by atoms with Crippen molar-refractivity contribution in [1.82, 2.24) is 4.98 Å². The third-order valence-corrected chi connectivity index (χ3v) is 4.94. The van der Waals surface area contributed by atoms with E-state index in [0.29, 0.717) is 6.54 Å². The van der Waals surface area contributed by atoms with Crippen LogP contribution in [-0.4, -0.2) is 4.98 Å². The molecule has 0 aliphatic rings. The molecule has 1 heterocycles. The summed E-state index contributed by atoms with van der Waals surface area (Å²) in [7, 11) is 0. The number of fused-ring (bicyclic) bond motifs is 1. The summed E-state index contributed by atoms with van der Waals surface area (Å²) in [4.78, 5) is 6.10. The van der Waals surface area contributed by atoms with E-state index in [9.17, 15) is 0 Å². The van der Waals surface area contributed by atoms with E-state index in [2.05, 4.69) is 63.2 Å². The van der Waals surface area contributed by atoms with Crippen LogP contribution in [-0.2, 0) is 18.4 Å². The van der Waals surface area contributed by atoms with Crippen LogP contribution in [0.5, 0.6) is 0 Å². The Bertz CT molecular complexity index is 791. The average molecular weight is 310 g/mol. The summed E-state index contributed by atoms with van der Waals surface area (Å²) < 4.78 is 0. The highest BCUT2D eigenvalue weighted by molar-refractivity contribution is 7.11. The van der Waals surface area contributed by atoms with Crippen LogP contribution in [0.4, 0.5) is 0 Å². The lowest BCUT2D eigenvalue weighted by Crippen LogP contribution is -2.15. The van der Waals surface area contributed by atoms with Crippen LogP contribution in [0.3, 0.4) is 0 Å². The van der Waals surface area contributed by atoms with E-state index in [1.165, 1.54) is 21.2 Å². The molecule has 2 aromatic carbocycles. The lowest BCUT2D eigenvalue weighted by molar-refractivity contribution is 0.565. The van der Waals surface area contributed by atoms with Gasteiger partial charge in [0, 0.05) is 23.3 Å². The highest BCUT2D eigenvalue weighted by atomic mass is 32.1. The van der Waals surface area contributed by atoms with Gasteiger partial charge in [-0.25, -0.2) is 4.98 Å². The monoisotopic (exact) mass is 310 g/mol. The molecule has 114 valence electrons. The van der Waals surface area contributed by atoms with Crippen LogP contribution in [0.1, 0.15) is 41.9 Å². The summed E-state index contributed by atoms with van der Waals surface area (Å²) >= 11 is 1.75. The second-order valence-electron chi connectivity index (χ2n) is 6.65. The van der Waals surface area contributed by atoms with Crippen molar-refractivity contribution >= 4 is 22.1 Å². The Hall–Kier alpha value is -1.71. The number of nitrogens with zero attached hydrogens (tertiary/aromatic N) is 1. The average Bonchev–Trinajstić information content (AvgIpc) is 2.91. The molecular weight excluding hydrogens is 288 g/mol. The first-order chi connectivity index (χ1) is 10.5. The van der Waals surface area contributed by atoms with Crippen LogP contribution >= 0.6 is 11.3 Å². The largest absolute Gasteiger partial charge is 0.326 e. The summed E-state index contributed by atoms with van der Waals surface area (Å²) in [5, 5.41) is 3.75. The van der Waals surface area contributed by atoms with Crippen molar-refractivity contribution in [3.05, 3.63) is 63.6 Å². The number of hydrogen-bond acceptors (Lipinski definition) is 3. The molecule has 0 radical (unpaired) electrons. The fraction of sp³-hybridized carbons (Fsp3) is 0.316. The van der Waals surface area contributed by atoms with Gasteiger partial charge in [-0.05, 0) is 16.3 Å². The number of rotatable bonds is 3. The molecule has 2 N–H and O–H groups in total. The minimum Gasteiger partial charge on any atom is -0.326 e. The number of hydrogen-bond donors (Lipinski definition) is 1. The van der Waals surface area contributed by atoms with Gasteiger partial charge in [0.1, 0.15) is 0 Å². The van der Waals surface area contributed by atoms with E-state index in [1.54, 1.807) is 11.3 Å². The fourth-order valence-electron chi connectivity index (χ4n) is 2.81. The molecule has 3 heteroatoms. The molecule has 0 spiro atoms. The first-order valence-corrected chi connectivity index (χ1v) is 8.46. The van der Waals surface area contributed by atoms with E-state index in [-0.39, 0.29) is 5.41 Å². The third-order valence-electron chi connectivity index (χ3n) is 3.86. The minimum atomic E-state index is 0.0439. The number of benzene rings is 2. The molecule has 0 aliphatic heterocycles. The normalized spacial score (nSPS) is 12.0. The van der Waals surface area contributed by atoms with E-state index < -0.39 is 0 Å². The van der Waals surface area contributed by atoms with Gasteiger partial charge in [0.2, 0.25) is 0 Å². The lowest BCUT2D eigenvalue weighted by atomic mass is 9.91. The maximum atomic E-state index is 5.91. The summed E-state index contributed by atoms with van der Waals surface area (Å²) in [6.07, 6.45) is 0.870. The molecule has 3 aromatic rings. The van der Waals surface area contributed by atoms with E-state index >= 15 is 0 Å². The number of thiazole rings is 1. The maximum Gasteiger partial charge on any atom is 0.0975 e. The standard InChI is InChI=1S/C19H22N2S/c1-19(2,3)18-16(12-20)22-17(21-18)11-14-9-6-8-13-7-4-5-10-15(13)14/h4-10H,11-12,20H2,1-3H3. The minimum absolute atomic E-state index is 0.0439. The SMILES string of the molecule is CC(C)(C)c1nc(Cc2cccc3ccccc23)sc1CN. The summed E-state index contributed by atoms with van der Waals surface area (Å²) in [5.41, 5.74) is 8.44. The van der Waals surface area contributed by atoms with Crippen molar-refractivity contribution in [3.8, 4) is 0 Å². The van der Waals surface area contributed by atoms with Crippen molar-refractivity contribution in [2.75, 3.05) is 0 Å². The molecule has 0 fully saturated rings. The van der Waals surface area contributed by atoms with Crippen molar-refractivity contribution in [2.45, 2.75) is 39.2 Å². The van der Waals surface area contributed by atoms with Crippen molar-refractivity contribution < 1.29 is 0 Å². The van der Waals surface area contributed by atoms with Gasteiger partial charge in [0.15, 0.2) is 0 Å². The second-order valence-corrected chi connectivity index (χ2v) is 7.82. The molecule has 0 bridgehead atoms. The Labute approximate surface area is 136 Å². The quantitative estimate of drug-likeness (QED) is 0.765. The maximum absolute atomic E-state index is 5.91. The molecule has 0 atom stereocenters. The molecule has 22 heavy (non-hydrogen) atoms. The van der Waals surface area contributed by atoms with Gasteiger partial charge in [-0.15, -0.1) is 11.3 Å². The smallest absolute Gasteiger partial charge is 0.0975 e. The molecule has 0 unspecified atom stereocenters. The molecule has 1 aromatic heterocycles. The van der Waals surface area contributed by atoms with Crippen molar-refractivity contribution in [2.24, 2.45) is 5.73 Å². The molecule has 3 rings (SSSR count). The van der Waals surface area contributed by atoms with Gasteiger partial charge in [-0.1, -0.05) is 63.2 Å². The topological polar surface area (TPSA) is 38.9 Å². The first-order valence-electron chi connectivity index (χ1n) is 7.65. The zero-order valence-electron chi connectivity index (χ0n) is 13.4. The summed E-state index contributed by atoms with van der Waals surface area (Å²) in [6, 6.07) is 15.0. The number of aromatic nitrogens is 1. The molecule has 0 amide bonds. The molecular formula is C19H22N2S. The lowest BCUT2D eigenvalue weighted by Gasteiger charge is -2.16. The highest BCUT2D eigenvalue weighted by Gasteiger charge is 2.22. The van der Waals surface area contributed by atoms with Crippen LogP contribution in [0.25, 0.3) is 10.8 Å².